The van der Waals surface area contributed by atoms with Crippen molar-refractivity contribution in [3.8, 4) is 11.3 Å². The Hall–Kier alpha value is -2.79. The summed E-state index contributed by atoms with van der Waals surface area (Å²) >= 11 is 12.6. The van der Waals surface area contributed by atoms with Gasteiger partial charge in [0.25, 0.3) is 0 Å². The molecule has 0 fully saturated rings. The largest absolute Gasteiger partial charge is 0.387 e. The zero-order valence-electron chi connectivity index (χ0n) is 15.3. The third kappa shape index (κ3) is 4.15. The Kier molecular flexibility index (Phi) is 5.86. The second-order valence-corrected chi connectivity index (χ2v) is 7.40. The van der Waals surface area contributed by atoms with Gasteiger partial charge in [0.1, 0.15) is 0 Å². The zero-order valence-corrected chi connectivity index (χ0v) is 16.8. The van der Waals surface area contributed by atoms with E-state index in [1.165, 1.54) is 0 Å². The maximum absolute atomic E-state index is 11.5. The fourth-order valence-electron chi connectivity index (χ4n) is 3.42. The molecule has 0 bridgehead atoms. The van der Waals surface area contributed by atoms with Crippen LogP contribution in [0.25, 0.3) is 11.3 Å². The van der Waals surface area contributed by atoms with Crippen molar-refractivity contribution in [1.29, 1.82) is 0 Å². The van der Waals surface area contributed by atoms with Crippen LogP contribution in [0.5, 0.6) is 0 Å². The van der Waals surface area contributed by atoms with Crippen LogP contribution >= 0.6 is 23.2 Å². The first-order chi connectivity index (χ1) is 14.1. The summed E-state index contributed by atoms with van der Waals surface area (Å²) in [4.78, 5) is 13.0. The molecule has 29 heavy (non-hydrogen) atoms. The minimum absolute atomic E-state index is 0.377. The highest BCUT2D eigenvalue weighted by Gasteiger charge is 2.28. The van der Waals surface area contributed by atoms with E-state index in [-0.39, 0.29) is 5.92 Å². The maximum atomic E-state index is 11.5. The number of hydrogen-bond donors (Lipinski definition) is 1. The number of hydrogen-bond acceptors (Lipinski definition) is 4. The molecular formula is C23H17Cl2N3O. The summed E-state index contributed by atoms with van der Waals surface area (Å²) < 4.78 is 0. The molecular weight excluding hydrogens is 405 g/mol. The van der Waals surface area contributed by atoms with Crippen molar-refractivity contribution in [3.05, 3.63) is 112 Å². The second-order valence-electron chi connectivity index (χ2n) is 6.56. The first kappa shape index (κ1) is 19.5. The highest BCUT2D eigenvalue weighted by molar-refractivity contribution is 6.35. The fraction of sp³-hybridized carbons (Fsp3) is 0.0870. The highest BCUT2D eigenvalue weighted by Crippen LogP contribution is 2.41. The van der Waals surface area contributed by atoms with Crippen molar-refractivity contribution in [2.24, 2.45) is 0 Å². The van der Waals surface area contributed by atoms with Gasteiger partial charge in [0.15, 0.2) is 0 Å². The zero-order chi connectivity index (χ0) is 20.2. The second kappa shape index (κ2) is 8.70. The Balaban J connectivity index is 1.86. The predicted octanol–water partition coefficient (Wildman–Crippen LogP) is 5.71. The average molecular weight is 422 g/mol. The Morgan fingerprint density at radius 3 is 2.07 bits per heavy atom. The monoisotopic (exact) mass is 421 g/mol. The van der Waals surface area contributed by atoms with Gasteiger partial charge < -0.3 is 5.11 Å². The molecule has 0 saturated carbocycles. The van der Waals surface area contributed by atoms with Gasteiger partial charge in [0.05, 0.1) is 16.8 Å². The van der Waals surface area contributed by atoms with E-state index in [0.29, 0.717) is 26.9 Å². The molecule has 1 atom stereocenters. The van der Waals surface area contributed by atoms with E-state index >= 15 is 0 Å². The molecule has 3 aromatic heterocycles. The number of aromatic nitrogens is 3. The molecule has 3 heterocycles. The van der Waals surface area contributed by atoms with E-state index in [2.05, 4.69) is 15.0 Å². The topological polar surface area (TPSA) is 58.9 Å². The number of aliphatic hydroxyl groups excluding tert-OH is 1. The van der Waals surface area contributed by atoms with Crippen molar-refractivity contribution in [2.75, 3.05) is 0 Å². The summed E-state index contributed by atoms with van der Waals surface area (Å²) in [6, 6.07) is 16.4. The molecule has 0 aliphatic rings. The molecule has 4 aromatic rings. The van der Waals surface area contributed by atoms with Gasteiger partial charge in [0.2, 0.25) is 0 Å². The first-order valence-electron chi connectivity index (χ1n) is 9.03. The van der Waals surface area contributed by atoms with Crippen LogP contribution < -0.4 is 0 Å². The van der Waals surface area contributed by atoms with Crippen molar-refractivity contribution in [2.45, 2.75) is 12.0 Å². The Bertz CT molecular complexity index is 1070. The molecule has 0 aliphatic carbocycles. The van der Waals surface area contributed by atoms with E-state index in [4.69, 9.17) is 23.2 Å². The third-order valence-corrected chi connectivity index (χ3v) is 5.31. The predicted molar refractivity (Wildman–Crippen MR) is 115 cm³/mol. The normalized spacial score (nSPS) is 12.1. The van der Waals surface area contributed by atoms with Crippen molar-refractivity contribution in [3.63, 3.8) is 0 Å². The SMILES string of the molecule is OC(c1cccnc1-c1cc(Cl)ccc1Cl)C(c1cccnc1)c1cccnc1. The summed E-state index contributed by atoms with van der Waals surface area (Å²) in [6.07, 6.45) is 7.69. The minimum atomic E-state index is -0.901. The van der Waals surface area contributed by atoms with Gasteiger partial charge in [-0.1, -0.05) is 41.4 Å². The van der Waals surface area contributed by atoms with Crippen LogP contribution in [0.4, 0.5) is 0 Å². The third-order valence-electron chi connectivity index (χ3n) is 4.74. The van der Waals surface area contributed by atoms with Crippen LogP contribution in [-0.2, 0) is 0 Å². The smallest absolute Gasteiger partial charge is 0.0921 e. The molecule has 0 aliphatic heterocycles. The summed E-state index contributed by atoms with van der Waals surface area (Å²) in [7, 11) is 0. The van der Waals surface area contributed by atoms with Crippen LogP contribution in [0.2, 0.25) is 10.0 Å². The molecule has 4 nitrogen and oxygen atoms in total. The van der Waals surface area contributed by atoms with Crippen LogP contribution in [0.1, 0.15) is 28.7 Å². The molecule has 1 unspecified atom stereocenters. The Labute approximate surface area is 178 Å². The molecule has 0 spiro atoms. The van der Waals surface area contributed by atoms with Crippen molar-refractivity contribution < 1.29 is 5.11 Å². The molecule has 144 valence electrons. The molecule has 0 amide bonds. The van der Waals surface area contributed by atoms with E-state index in [1.54, 1.807) is 55.2 Å². The highest BCUT2D eigenvalue weighted by atomic mass is 35.5. The van der Waals surface area contributed by atoms with Crippen LogP contribution in [-0.4, -0.2) is 20.1 Å². The molecule has 0 saturated heterocycles. The van der Waals surface area contributed by atoms with E-state index in [1.807, 2.05) is 30.3 Å². The molecule has 0 radical (unpaired) electrons. The number of rotatable bonds is 5. The first-order valence-corrected chi connectivity index (χ1v) is 9.79. The van der Waals surface area contributed by atoms with Gasteiger partial charge >= 0.3 is 0 Å². The summed E-state index contributed by atoms with van der Waals surface area (Å²) in [5.74, 6) is -0.377. The molecule has 1 aromatic carbocycles. The van der Waals surface area contributed by atoms with Gasteiger partial charge in [-0.15, -0.1) is 0 Å². The lowest BCUT2D eigenvalue weighted by molar-refractivity contribution is 0.159. The maximum Gasteiger partial charge on any atom is 0.0921 e. The average Bonchev–Trinajstić information content (AvgIpc) is 2.77. The summed E-state index contributed by atoms with van der Waals surface area (Å²) in [5, 5.41) is 12.6. The number of benzene rings is 1. The van der Waals surface area contributed by atoms with Crippen LogP contribution in [0.3, 0.4) is 0 Å². The standard InChI is InChI=1S/C23H17Cl2N3O/c24-17-7-8-20(25)19(12-17)22-18(6-3-11-28-22)23(29)21(15-4-1-9-26-13-15)16-5-2-10-27-14-16/h1-14,21,23,29H. The number of halogens is 2. The lowest BCUT2D eigenvalue weighted by Gasteiger charge is -2.25. The van der Waals surface area contributed by atoms with E-state index < -0.39 is 6.10 Å². The lowest BCUT2D eigenvalue weighted by atomic mass is 9.84. The molecule has 1 N–H and O–H groups in total. The lowest BCUT2D eigenvalue weighted by Crippen LogP contribution is -2.14. The number of pyridine rings is 3. The minimum Gasteiger partial charge on any atom is -0.387 e. The van der Waals surface area contributed by atoms with Crippen molar-refractivity contribution >= 4 is 23.2 Å². The quantitative estimate of drug-likeness (QED) is 0.448. The van der Waals surface area contributed by atoms with E-state index in [9.17, 15) is 5.11 Å². The Morgan fingerprint density at radius 2 is 1.45 bits per heavy atom. The van der Waals surface area contributed by atoms with Crippen LogP contribution in [0, 0.1) is 0 Å². The molecule has 4 rings (SSSR count). The van der Waals surface area contributed by atoms with Gasteiger partial charge in [-0.2, -0.15) is 0 Å². The van der Waals surface area contributed by atoms with Gasteiger partial charge in [-0.05, 0) is 47.5 Å². The summed E-state index contributed by atoms with van der Waals surface area (Å²) in [6.45, 7) is 0. The van der Waals surface area contributed by atoms with E-state index in [0.717, 1.165) is 11.1 Å². The number of aliphatic hydroxyl groups is 1. The fourth-order valence-corrected chi connectivity index (χ4v) is 3.80. The van der Waals surface area contributed by atoms with Gasteiger partial charge in [-0.3, -0.25) is 15.0 Å². The summed E-state index contributed by atoms with van der Waals surface area (Å²) in [5.41, 5.74) is 3.66. The van der Waals surface area contributed by atoms with Crippen LogP contribution in [0.15, 0.2) is 85.6 Å². The Morgan fingerprint density at radius 1 is 0.793 bits per heavy atom. The van der Waals surface area contributed by atoms with Crippen molar-refractivity contribution in [1.82, 2.24) is 15.0 Å². The molecule has 6 heteroatoms. The van der Waals surface area contributed by atoms with Gasteiger partial charge in [-0.25, -0.2) is 0 Å². The van der Waals surface area contributed by atoms with Gasteiger partial charge in [0, 0.05) is 53.1 Å². The number of nitrogens with zero attached hydrogens (tertiary/aromatic N) is 3.